The zero-order valence-electron chi connectivity index (χ0n) is 16.7. The number of carbonyl (C=O) groups is 1. The smallest absolute Gasteiger partial charge is 0.246 e. The van der Waals surface area contributed by atoms with E-state index in [4.69, 9.17) is 0 Å². The summed E-state index contributed by atoms with van der Waals surface area (Å²) in [6, 6.07) is 3.89. The summed E-state index contributed by atoms with van der Waals surface area (Å²) in [7, 11) is -2.95. The first-order chi connectivity index (χ1) is 13.8. The molecule has 2 fully saturated rings. The molecule has 1 unspecified atom stereocenters. The van der Waals surface area contributed by atoms with Crippen molar-refractivity contribution in [3.8, 4) is 0 Å². The van der Waals surface area contributed by atoms with Crippen molar-refractivity contribution in [2.45, 2.75) is 26.3 Å². The molecular weight excluding hydrogens is 408 g/mol. The molecule has 0 radical (unpaired) electrons. The summed E-state index contributed by atoms with van der Waals surface area (Å²) in [5.41, 5.74) is 3.02. The van der Waals surface area contributed by atoms with Gasteiger partial charge in [-0.25, -0.2) is 8.42 Å². The maximum Gasteiger partial charge on any atom is 0.246 e. The largest absolute Gasteiger partial charge is 0.365 e. The van der Waals surface area contributed by atoms with Crippen molar-refractivity contribution < 1.29 is 13.2 Å². The number of nitrogens with zero attached hydrogens (tertiary/aromatic N) is 4. The molecule has 4 heterocycles. The van der Waals surface area contributed by atoms with Crippen molar-refractivity contribution >= 4 is 38.8 Å². The van der Waals surface area contributed by atoms with E-state index in [0.29, 0.717) is 19.5 Å². The number of carbonyl (C=O) groups excluding carboxylic acids is 1. The van der Waals surface area contributed by atoms with E-state index >= 15 is 0 Å². The molecule has 0 N–H and O–H groups in total. The first kappa shape index (κ1) is 20.2. The summed E-state index contributed by atoms with van der Waals surface area (Å²) >= 11 is 1.61. The van der Waals surface area contributed by atoms with Gasteiger partial charge in [-0.3, -0.25) is 9.48 Å². The van der Waals surface area contributed by atoms with Crippen LogP contribution in [0.3, 0.4) is 0 Å². The second-order valence-electron chi connectivity index (χ2n) is 7.68. The van der Waals surface area contributed by atoms with Gasteiger partial charge in [-0.05, 0) is 37.8 Å². The quantitative estimate of drug-likeness (QED) is 0.690. The second kappa shape index (κ2) is 7.95. The van der Waals surface area contributed by atoms with Gasteiger partial charge in [0, 0.05) is 37.1 Å². The molecule has 0 aromatic carbocycles. The lowest BCUT2D eigenvalue weighted by Gasteiger charge is -2.35. The zero-order chi connectivity index (χ0) is 20.6. The van der Waals surface area contributed by atoms with Gasteiger partial charge in [0.15, 0.2) is 9.84 Å². The van der Waals surface area contributed by atoms with Crippen molar-refractivity contribution in [3.05, 3.63) is 39.9 Å². The molecule has 2 aliphatic rings. The van der Waals surface area contributed by atoms with E-state index in [1.807, 2.05) is 47.0 Å². The van der Waals surface area contributed by atoms with E-state index in [1.54, 1.807) is 17.4 Å². The average molecular weight is 435 g/mol. The Kier molecular flexibility index (Phi) is 5.52. The number of aryl methyl sites for hydroxylation is 1. The van der Waals surface area contributed by atoms with Gasteiger partial charge in [-0.1, -0.05) is 6.07 Å². The van der Waals surface area contributed by atoms with Gasteiger partial charge in [0.05, 0.1) is 34.6 Å². The van der Waals surface area contributed by atoms with Crippen LogP contribution in [0.25, 0.3) is 6.08 Å². The summed E-state index contributed by atoms with van der Waals surface area (Å²) in [5.74, 6) is 0.455. The van der Waals surface area contributed by atoms with E-state index < -0.39 is 9.84 Å². The Bertz CT molecular complexity index is 1020. The molecular formula is C20H26N4O3S2. The van der Waals surface area contributed by atoms with Gasteiger partial charge in [0.2, 0.25) is 5.91 Å². The van der Waals surface area contributed by atoms with Crippen molar-refractivity contribution in [2.75, 3.05) is 42.6 Å². The Balaban J connectivity index is 1.42. The number of anilines is 1. The molecule has 29 heavy (non-hydrogen) atoms. The molecule has 2 aromatic heterocycles. The van der Waals surface area contributed by atoms with Crippen LogP contribution in [0.5, 0.6) is 0 Å². The fourth-order valence-corrected chi connectivity index (χ4v) is 6.54. The third-order valence-electron chi connectivity index (χ3n) is 5.68. The highest BCUT2D eigenvalue weighted by Gasteiger charge is 2.32. The number of aromatic nitrogens is 2. The lowest BCUT2D eigenvalue weighted by atomic mass is 10.2. The number of hydrogen-bond donors (Lipinski definition) is 0. The van der Waals surface area contributed by atoms with E-state index in [-0.39, 0.29) is 23.5 Å². The molecule has 1 atom stereocenters. The highest BCUT2D eigenvalue weighted by Crippen LogP contribution is 2.31. The first-order valence-corrected chi connectivity index (χ1v) is 12.6. The summed E-state index contributed by atoms with van der Waals surface area (Å²) in [5, 5.41) is 6.66. The minimum Gasteiger partial charge on any atom is -0.365 e. The van der Waals surface area contributed by atoms with Crippen LogP contribution in [-0.4, -0.2) is 66.7 Å². The van der Waals surface area contributed by atoms with Crippen LogP contribution in [0.4, 0.5) is 5.69 Å². The van der Waals surface area contributed by atoms with Crippen LogP contribution in [0, 0.1) is 13.8 Å². The summed E-state index contributed by atoms with van der Waals surface area (Å²) in [4.78, 5) is 17.7. The fourth-order valence-electron chi connectivity index (χ4n) is 4.23. The highest BCUT2D eigenvalue weighted by atomic mass is 32.2. The lowest BCUT2D eigenvalue weighted by Crippen LogP contribution is -2.48. The number of amides is 1. The third kappa shape index (κ3) is 4.25. The monoisotopic (exact) mass is 434 g/mol. The number of piperazine rings is 1. The molecule has 2 saturated heterocycles. The molecule has 4 rings (SSSR count). The van der Waals surface area contributed by atoms with E-state index in [0.717, 1.165) is 35.0 Å². The topological polar surface area (TPSA) is 75.5 Å². The van der Waals surface area contributed by atoms with Gasteiger partial charge in [0.1, 0.15) is 0 Å². The van der Waals surface area contributed by atoms with Crippen LogP contribution >= 0.6 is 11.3 Å². The molecule has 156 valence electrons. The molecule has 0 aliphatic carbocycles. The maximum atomic E-state index is 12.5. The predicted octanol–water partition coefficient (Wildman–Crippen LogP) is 2.28. The van der Waals surface area contributed by atoms with Crippen LogP contribution in [0.1, 0.15) is 28.7 Å². The molecule has 9 heteroatoms. The first-order valence-electron chi connectivity index (χ1n) is 9.85. The molecule has 7 nitrogen and oxygen atoms in total. The lowest BCUT2D eigenvalue weighted by molar-refractivity contribution is -0.126. The summed E-state index contributed by atoms with van der Waals surface area (Å²) in [6.45, 7) is 6.81. The minimum atomic E-state index is -2.95. The second-order valence-corrected chi connectivity index (χ2v) is 10.9. The van der Waals surface area contributed by atoms with Gasteiger partial charge in [0.25, 0.3) is 0 Å². The van der Waals surface area contributed by atoms with Gasteiger partial charge < -0.3 is 9.80 Å². The molecule has 2 aromatic rings. The Morgan fingerprint density at radius 2 is 2.00 bits per heavy atom. The average Bonchev–Trinajstić information content (AvgIpc) is 3.40. The molecule has 0 bridgehead atoms. The van der Waals surface area contributed by atoms with Gasteiger partial charge in [-0.2, -0.15) is 5.10 Å². The summed E-state index contributed by atoms with van der Waals surface area (Å²) in [6.07, 6.45) is 4.15. The Hall–Kier alpha value is -2.13. The third-order valence-corrected chi connectivity index (χ3v) is 8.27. The van der Waals surface area contributed by atoms with E-state index in [9.17, 15) is 13.2 Å². The fraction of sp³-hybridized carbons (Fsp3) is 0.500. The van der Waals surface area contributed by atoms with Crippen LogP contribution < -0.4 is 4.90 Å². The highest BCUT2D eigenvalue weighted by molar-refractivity contribution is 7.91. The van der Waals surface area contributed by atoms with E-state index in [1.165, 1.54) is 0 Å². The number of thiophene rings is 1. The Morgan fingerprint density at radius 1 is 1.24 bits per heavy atom. The molecule has 0 spiro atoms. The molecule has 2 aliphatic heterocycles. The molecule has 0 saturated carbocycles. The summed E-state index contributed by atoms with van der Waals surface area (Å²) < 4.78 is 25.6. The maximum absolute atomic E-state index is 12.5. The van der Waals surface area contributed by atoms with E-state index in [2.05, 4.69) is 10.00 Å². The minimum absolute atomic E-state index is 0.0401. The van der Waals surface area contributed by atoms with Crippen LogP contribution in [-0.2, 0) is 14.6 Å². The standard InChI is InChI=1S/C20H26N4O3S2/c1-15-20(16(2)24(21-15)17-7-13-29(26,27)14-17)23-10-8-22(9-11-23)19(25)6-5-18-4-3-12-28-18/h3-6,12,17H,7-11,13-14H2,1-2H3. The van der Waals surface area contributed by atoms with Crippen molar-refractivity contribution in [2.24, 2.45) is 0 Å². The van der Waals surface area contributed by atoms with Crippen molar-refractivity contribution in [3.63, 3.8) is 0 Å². The normalized spacial score (nSPS) is 21.9. The zero-order valence-corrected chi connectivity index (χ0v) is 18.4. The van der Waals surface area contributed by atoms with Crippen LogP contribution in [0.2, 0.25) is 0 Å². The number of hydrogen-bond acceptors (Lipinski definition) is 6. The Morgan fingerprint density at radius 3 is 2.62 bits per heavy atom. The number of sulfone groups is 1. The SMILES string of the molecule is Cc1nn(C2CCS(=O)(=O)C2)c(C)c1N1CCN(C(=O)C=Cc2cccs2)CC1. The van der Waals surface area contributed by atoms with Gasteiger partial charge in [-0.15, -0.1) is 11.3 Å². The van der Waals surface area contributed by atoms with Crippen LogP contribution in [0.15, 0.2) is 23.6 Å². The van der Waals surface area contributed by atoms with Crippen molar-refractivity contribution in [1.29, 1.82) is 0 Å². The van der Waals surface area contributed by atoms with Crippen molar-refractivity contribution in [1.82, 2.24) is 14.7 Å². The number of rotatable bonds is 4. The Labute approximate surface area is 175 Å². The predicted molar refractivity (Wildman–Crippen MR) is 116 cm³/mol. The molecule has 1 amide bonds. The van der Waals surface area contributed by atoms with Gasteiger partial charge >= 0.3 is 0 Å².